The Morgan fingerprint density at radius 1 is 1.10 bits per heavy atom. The number of H-pyrrole nitrogens is 1. The zero-order chi connectivity index (χ0) is 21.9. The fourth-order valence-corrected chi connectivity index (χ4v) is 3.42. The van der Waals surface area contributed by atoms with Crippen molar-refractivity contribution in [3.63, 3.8) is 0 Å². The van der Waals surface area contributed by atoms with E-state index >= 15 is 4.39 Å². The molecule has 30 heavy (non-hydrogen) atoms. The number of nitrogens with one attached hydrogen (secondary N) is 2. The van der Waals surface area contributed by atoms with E-state index in [1.807, 2.05) is 58.0 Å². The second-order valence-corrected chi connectivity index (χ2v) is 8.10. The van der Waals surface area contributed by atoms with Gasteiger partial charge in [0, 0.05) is 23.4 Å². The quantitative estimate of drug-likeness (QED) is 0.372. The summed E-state index contributed by atoms with van der Waals surface area (Å²) < 4.78 is 15.4. The van der Waals surface area contributed by atoms with Crippen LogP contribution in [0.2, 0.25) is 0 Å². The molecular formula is C24H24FN3O2. The van der Waals surface area contributed by atoms with Crippen LogP contribution in [0.3, 0.4) is 0 Å². The normalized spacial score (nSPS) is 11.6. The number of amides is 1. The van der Waals surface area contributed by atoms with Crippen LogP contribution in [0, 0.1) is 12.7 Å². The Morgan fingerprint density at radius 3 is 2.50 bits per heavy atom. The van der Waals surface area contributed by atoms with Crippen molar-refractivity contribution in [1.29, 1.82) is 0 Å². The van der Waals surface area contributed by atoms with Crippen LogP contribution in [-0.2, 0) is 10.2 Å². The third-order valence-corrected chi connectivity index (χ3v) is 5.01. The monoisotopic (exact) mass is 405 g/mol. The summed E-state index contributed by atoms with van der Waals surface area (Å²) >= 11 is 0. The molecule has 1 amide bonds. The van der Waals surface area contributed by atoms with Gasteiger partial charge in [-0.15, -0.1) is 0 Å². The van der Waals surface area contributed by atoms with Crippen LogP contribution in [-0.4, -0.2) is 17.6 Å². The summed E-state index contributed by atoms with van der Waals surface area (Å²) in [5.74, 6) is -0.374. The molecule has 0 fully saturated rings. The highest BCUT2D eigenvalue weighted by Crippen LogP contribution is 2.36. The molecule has 0 saturated heterocycles. The van der Waals surface area contributed by atoms with Crippen molar-refractivity contribution in [1.82, 2.24) is 10.4 Å². The molecule has 2 N–H and O–H groups in total. The summed E-state index contributed by atoms with van der Waals surface area (Å²) in [7, 11) is 0. The molecule has 0 bridgehead atoms. The van der Waals surface area contributed by atoms with Crippen molar-refractivity contribution in [2.24, 2.45) is 5.10 Å². The van der Waals surface area contributed by atoms with Crippen LogP contribution in [0.4, 0.5) is 4.39 Å². The van der Waals surface area contributed by atoms with Gasteiger partial charge in [-0.25, -0.2) is 9.82 Å². The van der Waals surface area contributed by atoms with E-state index in [0.29, 0.717) is 23.1 Å². The lowest BCUT2D eigenvalue weighted by atomic mass is 9.83. The summed E-state index contributed by atoms with van der Waals surface area (Å²) in [5, 5.41) is 3.88. The zero-order valence-corrected chi connectivity index (χ0v) is 17.4. The molecule has 1 heterocycles. The lowest BCUT2D eigenvalue weighted by molar-refractivity contribution is -0.109. The first-order valence-electron chi connectivity index (χ1n) is 9.57. The van der Waals surface area contributed by atoms with Crippen LogP contribution in [0.25, 0.3) is 22.3 Å². The van der Waals surface area contributed by atoms with Gasteiger partial charge in [0.05, 0.1) is 6.21 Å². The van der Waals surface area contributed by atoms with Gasteiger partial charge >= 0.3 is 0 Å². The molecule has 2 aromatic carbocycles. The Morgan fingerprint density at radius 2 is 1.83 bits per heavy atom. The second-order valence-electron chi connectivity index (χ2n) is 8.10. The van der Waals surface area contributed by atoms with E-state index in [1.54, 1.807) is 12.3 Å². The standard InChI is InChI=1S/C24H24FN3O2/c1-15-19(16-8-9-26-22(30)11-16)6-5-7-20(15)23-17(13-27-28-14-29)10-18(12-21(23)25)24(2,3)4/h5-14H,1-4H3,(H,26,30)(H,28,29)/b27-13-. The van der Waals surface area contributed by atoms with Gasteiger partial charge < -0.3 is 4.98 Å². The number of carbonyl (C=O) groups is 1. The number of hydrazone groups is 1. The van der Waals surface area contributed by atoms with E-state index in [0.717, 1.165) is 22.3 Å². The Labute approximate surface area is 174 Å². The van der Waals surface area contributed by atoms with Crippen LogP contribution in [0.1, 0.15) is 37.5 Å². The van der Waals surface area contributed by atoms with Gasteiger partial charge in [0.2, 0.25) is 12.0 Å². The molecule has 6 heteroatoms. The van der Waals surface area contributed by atoms with E-state index in [4.69, 9.17) is 0 Å². The number of hydrogen-bond donors (Lipinski definition) is 2. The molecule has 0 atom stereocenters. The Kier molecular flexibility index (Phi) is 5.96. The molecular weight excluding hydrogens is 381 g/mol. The maximum atomic E-state index is 15.4. The Bertz CT molecular complexity index is 1170. The number of hydrogen-bond acceptors (Lipinski definition) is 3. The molecule has 5 nitrogen and oxygen atoms in total. The molecule has 154 valence electrons. The van der Waals surface area contributed by atoms with Crippen molar-refractivity contribution in [3.05, 3.63) is 81.5 Å². The zero-order valence-electron chi connectivity index (χ0n) is 17.4. The van der Waals surface area contributed by atoms with Gasteiger partial charge in [-0.1, -0.05) is 39.0 Å². The van der Waals surface area contributed by atoms with E-state index in [1.165, 1.54) is 12.3 Å². The van der Waals surface area contributed by atoms with Gasteiger partial charge in [0.25, 0.3) is 0 Å². The molecule has 0 aliphatic heterocycles. The van der Waals surface area contributed by atoms with Crippen molar-refractivity contribution >= 4 is 12.6 Å². The number of aromatic amines is 1. The van der Waals surface area contributed by atoms with Crippen LogP contribution < -0.4 is 11.0 Å². The van der Waals surface area contributed by atoms with Crippen molar-refractivity contribution in [3.8, 4) is 22.3 Å². The van der Waals surface area contributed by atoms with Crippen molar-refractivity contribution < 1.29 is 9.18 Å². The molecule has 0 aliphatic rings. The average Bonchev–Trinajstić information content (AvgIpc) is 2.68. The lowest BCUT2D eigenvalue weighted by Gasteiger charge is -2.22. The number of aromatic nitrogens is 1. The maximum Gasteiger partial charge on any atom is 0.248 e. The molecule has 0 radical (unpaired) electrons. The number of halogens is 1. The minimum absolute atomic E-state index is 0.203. The number of pyridine rings is 1. The predicted octanol–water partition coefficient (Wildman–Crippen LogP) is 4.53. The van der Waals surface area contributed by atoms with Crippen molar-refractivity contribution in [2.45, 2.75) is 33.1 Å². The Balaban J connectivity index is 2.26. The third-order valence-electron chi connectivity index (χ3n) is 5.01. The fourth-order valence-electron chi connectivity index (χ4n) is 3.42. The molecule has 0 saturated carbocycles. The highest BCUT2D eigenvalue weighted by Gasteiger charge is 2.21. The van der Waals surface area contributed by atoms with Gasteiger partial charge in [0.15, 0.2) is 0 Å². The topological polar surface area (TPSA) is 74.3 Å². The number of carbonyl (C=O) groups excluding carboxylic acids is 1. The summed E-state index contributed by atoms with van der Waals surface area (Å²) in [6.45, 7) is 7.91. The predicted molar refractivity (Wildman–Crippen MR) is 118 cm³/mol. The van der Waals surface area contributed by atoms with E-state index in [9.17, 15) is 9.59 Å². The highest BCUT2D eigenvalue weighted by atomic mass is 19.1. The summed E-state index contributed by atoms with van der Waals surface area (Å²) in [5.41, 5.74) is 6.66. The maximum absolute atomic E-state index is 15.4. The van der Waals surface area contributed by atoms with E-state index in [2.05, 4.69) is 15.5 Å². The van der Waals surface area contributed by atoms with Crippen LogP contribution in [0.5, 0.6) is 0 Å². The van der Waals surface area contributed by atoms with E-state index < -0.39 is 0 Å². The molecule has 0 aliphatic carbocycles. The first-order valence-corrected chi connectivity index (χ1v) is 9.57. The number of rotatable bonds is 5. The second kappa shape index (κ2) is 8.45. The highest BCUT2D eigenvalue weighted by molar-refractivity contribution is 5.93. The van der Waals surface area contributed by atoms with Crippen molar-refractivity contribution in [2.75, 3.05) is 0 Å². The van der Waals surface area contributed by atoms with Gasteiger partial charge in [-0.2, -0.15) is 5.10 Å². The fraction of sp³-hybridized carbons (Fsp3) is 0.208. The van der Waals surface area contributed by atoms with Gasteiger partial charge in [0.1, 0.15) is 5.82 Å². The summed E-state index contributed by atoms with van der Waals surface area (Å²) in [4.78, 5) is 25.0. The van der Waals surface area contributed by atoms with Crippen LogP contribution >= 0.6 is 0 Å². The minimum atomic E-state index is -0.374. The number of nitrogens with zero attached hydrogens (tertiary/aromatic N) is 1. The van der Waals surface area contributed by atoms with Crippen LogP contribution in [0.15, 0.2) is 58.6 Å². The Hall–Kier alpha value is -3.54. The van der Waals surface area contributed by atoms with Gasteiger partial charge in [-0.3, -0.25) is 9.59 Å². The third kappa shape index (κ3) is 4.38. The molecule has 0 spiro atoms. The minimum Gasteiger partial charge on any atom is -0.329 e. The molecule has 3 aromatic rings. The number of benzene rings is 2. The van der Waals surface area contributed by atoms with Gasteiger partial charge in [-0.05, 0) is 58.4 Å². The first-order chi connectivity index (χ1) is 14.2. The largest absolute Gasteiger partial charge is 0.329 e. The SMILES string of the molecule is Cc1c(-c2cc[nH]c(=O)c2)cccc1-c1c(F)cc(C(C)(C)C)cc1/C=N\NC=O. The molecule has 3 rings (SSSR count). The molecule has 0 unspecified atom stereocenters. The average molecular weight is 405 g/mol. The summed E-state index contributed by atoms with van der Waals surface area (Å²) in [6, 6.07) is 12.3. The van der Waals surface area contributed by atoms with E-state index in [-0.39, 0.29) is 16.8 Å². The summed E-state index contributed by atoms with van der Waals surface area (Å²) in [6.07, 6.45) is 3.49. The first kappa shape index (κ1) is 21.2. The lowest BCUT2D eigenvalue weighted by Crippen LogP contribution is -2.13. The molecule has 1 aromatic heterocycles. The smallest absolute Gasteiger partial charge is 0.248 e.